The molecule has 0 saturated heterocycles. The van der Waals surface area contributed by atoms with E-state index in [1.165, 1.54) is 7.11 Å². The Hall–Kier alpha value is -2.82. The number of carbonyl (C=O) groups is 1. The summed E-state index contributed by atoms with van der Waals surface area (Å²) in [5.74, 6) is -0.338. The molecule has 0 atom stereocenters. The van der Waals surface area contributed by atoms with E-state index in [2.05, 4.69) is 9.97 Å². The summed E-state index contributed by atoms with van der Waals surface area (Å²) < 4.78 is 4.75. The highest BCUT2D eigenvalue weighted by Crippen LogP contribution is 2.37. The Bertz CT molecular complexity index is 778. The van der Waals surface area contributed by atoms with Gasteiger partial charge in [-0.3, -0.25) is 4.98 Å². The van der Waals surface area contributed by atoms with E-state index in [-0.39, 0.29) is 5.75 Å². The second-order valence-electron chi connectivity index (χ2n) is 4.30. The predicted molar refractivity (Wildman–Crippen MR) is 74.5 cm³/mol. The van der Waals surface area contributed by atoms with Gasteiger partial charge in [0.05, 0.1) is 23.9 Å². The van der Waals surface area contributed by atoms with Gasteiger partial charge in [-0.1, -0.05) is 6.07 Å². The zero-order valence-corrected chi connectivity index (χ0v) is 10.8. The van der Waals surface area contributed by atoms with Crippen LogP contribution in [0.5, 0.6) is 5.75 Å². The highest BCUT2D eigenvalue weighted by atomic mass is 16.5. The third-order valence-corrected chi connectivity index (χ3v) is 3.18. The molecular weight excluding hydrogens is 256 g/mol. The van der Waals surface area contributed by atoms with Gasteiger partial charge in [0.15, 0.2) is 0 Å². The van der Waals surface area contributed by atoms with Crippen molar-refractivity contribution >= 4 is 16.9 Å². The van der Waals surface area contributed by atoms with Gasteiger partial charge in [0.25, 0.3) is 0 Å². The molecule has 0 aliphatic carbocycles. The Morgan fingerprint density at radius 3 is 2.70 bits per heavy atom. The summed E-state index contributed by atoms with van der Waals surface area (Å²) in [5, 5.41) is 10.9. The summed E-state index contributed by atoms with van der Waals surface area (Å²) in [6.45, 7) is 0. The Balaban J connectivity index is 2.27. The van der Waals surface area contributed by atoms with Gasteiger partial charge in [0.1, 0.15) is 5.75 Å². The van der Waals surface area contributed by atoms with Crippen LogP contribution >= 0.6 is 0 Å². The maximum atomic E-state index is 11.8. The number of pyridine rings is 1. The average molecular weight is 268 g/mol. The van der Waals surface area contributed by atoms with E-state index >= 15 is 0 Å². The van der Waals surface area contributed by atoms with E-state index in [4.69, 9.17) is 4.74 Å². The lowest BCUT2D eigenvalue weighted by Gasteiger charge is -2.00. The quantitative estimate of drug-likeness (QED) is 0.701. The van der Waals surface area contributed by atoms with Crippen molar-refractivity contribution in [2.45, 2.75) is 0 Å². The SMILES string of the molecule is COC(=O)c1cccc2c(O)c(-c3ccncc3)[nH]c12. The molecule has 0 spiro atoms. The van der Waals surface area contributed by atoms with E-state index < -0.39 is 5.97 Å². The summed E-state index contributed by atoms with van der Waals surface area (Å²) in [6, 6.07) is 8.67. The molecule has 5 nitrogen and oxygen atoms in total. The van der Waals surface area contributed by atoms with Crippen molar-refractivity contribution in [1.82, 2.24) is 9.97 Å². The normalized spacial score (nSPS) is 10.7. The summed E-state index contributed by atoms with van der Waals surface area (Å²) in [7, 11) is 1.33. The topological polar surface area (TPSA) is 75.2 Å². The monoisotopic (exact) mass is 268 g/mol. The molecule has 2 heterocycles. The molecule has 0 aliphatic rings. The molecule has 0 amide bonds. The molecule has 0 bridgehead atoms. The third-order valence-electron chi connectivity index (χ3n) is 3.18. The molecule has 1 aromatic carbocycles. The molecule has 0 fully saturated rings. The van der Waals surface area contributed by atoms with Crippen molar-refractivity contribution in [2.24, 2.45) is 0 Å². The second kappa shape index (κ2) is 4.70. The van der Waals surface area contributed by atoms with Crippen LogP contribution in [0, 0.1) is 0 Å². The molecule has 20 heavy (non-hydrogen) atoms. The number of ether oxygens (including phenoxy) is 1. The molecule has 3 aromatic rings. The molecule has 0 saturated carbocycles. The number of rotatable bonds is 2. The molecule has 0 aliphatic heterocycles. The molecular formula is C15H12N2O3. The number of hydrogen-bond donors (Lipinski definition) is 2. The summed E-state index contributed by atoms with van der Waals surface area (Å²) in [4.78, 5) is 18.8. The van der Waals surface area contributed by atoms with Crippen molar-refractivity contribution in [3.63, 3.8) is 0 Å². The minimum atomic E-state index is -0.446. The number of esters is 1. The van der Waals surface area contributed by atoms with Gasteiger partial charge >= 0.3 is 5.97 Å². The minimum Gasteiger partial charge on any atom is -0.505 e. The van der Waals surface area contributed by atoms with E-state index in [1.807, 2.05) is 0 Å². The fourth-order valence-electron chi connectivity index (χ4n) is 2.21. The molecule has 2 aromatic heterocycles. The fraction of sp³-hybridized carbons (Fsp3) is 0.0667. The maximum Gasteiger partial charge on any atom is 0.339 e. The largest absolute Gasteiger partial charge is 0.505 e. The first-order chi connectivity index (χ1) is 9.72. The number of aromatic hydroxyl groups is 1. The van der Waals surface area contributed by atoms with Crippen molar-refractivity contribution in [2.75, 3.05) is 7.11 Å². The Labute approximate surface area is 114 Å². The summed E-state index contributed by atoms with van der Waals surface area (Å²) in [5.41, 5.74) is 2.30. The van der Waals surface area contributed by atoms with Crippen LogP contribution < -0.4 is 0 Å². The number of fused-ring (bicyclic) bond motifs is 1. The first-order valence-electron chi connectivity index (χ1n) is 6.04. The molecule has 0 unspecified atom stereocenters. The van der Waals surface area contributed by atoms with Crippen LogP contribution in [-0.2, 0) is 4.74 Å². The van der Waals surface area contributed by atoms with Gasteiger partial charge in [-0.15, -0.1) is 0 Å². The number of aromatic amines is 1. The number of aromatic nitrogens is 2. The van der Waals surface area contributed by atoms with Crippen LogP contribution in [0.1, 0.15) is 10.4 Å². The van der Waals surface area contributed by atoms with Crippen LogP contribution in [-0.4, -0.2) is 28.2 Å². The van der Waals surface area contributed by atoms with Gasteiger partial charge in [-0.25, -0.2) is 4.79 Å². The van der Waals surface area contributed by atoms with Crippen molar-refractivity contribution in [1.29, 1.82) is 0 Å². The van der Waals surface area contributed by atoms with Gasteiger partial charge in [0, 0.05) is 23.3 Å². The Morgan fingerprint density at radius 2 is 2.00 bits per heavy atom. The van der Waals surface area contributed by atoms with Crippen LogP contribution in [0.15, 0.2) is 42.7 Å². The van der Waals surface area contributed by atoms with Crippen LogP contribution in [0.2, 0.25) is 0 Å². The lowest BCUT2D eigenvalue weighted by molar-refractivity contribution is 0.0603. The average Bonchev–Trinajstić information content (AvgIpc) is 2.85. The van der Waals surface area contributed by atoms with E-state index in [9.17, 15) is 9.90 Å². The van der Waals surface area contributed by atoms with E-state index in [0.717, 1.165) is 5.56 Å². The number of nitrogens with one attached hydrogen (secondary N) is 1. The highest BCUT2D eigenvalue weighted by Gasteiger charge is 2.17. The number of para-hydroxylation sites is 1. The second-order valence-corrected chi connectivity index (χ2v) is 4.30. The van der Waals surface area contributed by atoms with Crippen molar-refractivity contribution in [3.8, 4) is 17.0 Å². The van der Waals surface area contributed by atoms with Crippen LogP contribution in [0.25, 0.3) is 22.2 Å². The Kier molecular flexibility index (Phi) is 2.87. The lowest BCUT2D eigenvalue weighted by atomic mass is 10.1. The summed E-state index contributed by atoms with van der Waals surface area (Å²) in [6.07, 6.45) is 3.28. The van der Waals surface area contributed by atoms with Crippen LogP contribution in [0.4, 0.5) is 0 Å². The summed E-state index contributed by atoms with van der Waals surface area (Å²) >= 11 is 0. The maximum absolute atomic E-state index is 11.8. The smallest absolute Gasteiger partial charge is 0.339 e. The van der Waals surface area contributed by atoms with Gasteiger partial charge in [-0.05, 0) is 24.3 Å². The predicted octanol–water partition coefficient (Wildman–Crippen LogP) is 2.72. The number of methoxy groups -OCH3 is 1. The first kappa shape index (κ1) is 12.2. The number of carbonyl (C=O) groups excluding carboxylic acids is 1. The van der Waals surface area contributed by atoms with Gasteiger partial charge < -0.3 is 14.8 Å². The number of nitrogens with zero attached hydrogens (tertiary/aromatic N) is 1. The fourth-order valence-corrected chi connectivity index (χ4v) is 2.21. The number of H-pyrrole nitrogens is 1. The molecule has 3 rings (SSSR count). The first-order valence-corrected chi connectivity index (χ1v) is 6.04. The van der Waals surface area contributed by atoms with E-state index in [0.29, 0.717) is 22.2 Å². The van der Waals surface area contributed by atoms with Crippen LogP contribution in [0.3, 0.4) is 0 Å². The number of hydrogen-bond acceptors (Lipinski definition) is 4. The van der Waals surface area contributed by atoms with E-state index in [1.54, 1.807) is 42.7 Å². The number of benzene rings is 1. The molecule has 0 radical (unpaired) electrons. The molecule has 100 valence electrons. The molecule has 2 N–H and O–H groups in total. The van der Waals surface area contributed by atoms with Crippen molar-refractivity contribution in [3.05, 3.63) is 48.3 Å². The third kappa shape index (κ3) is 1.80. The van der Waals surface area contributed by atoms with Gasteiger partial charge in [0.2, 0.25) is 0 Å². The minimum absolute atomic E-state index is 0.108. The standard InChI is InChI=1S/C15H12N2O3/c1-20-15(19)11-4-2-3-10-13(11)17-12(14(10)18)9-5-7-16-8-6-9/h2-8,17-18H,1H3. The highest BCUT2D eigenvalue weighted by molar-refractivity contribution is 6.07. The Morgan fingerprint density at radius 1 is 1.25 bits per heavy atom. The van der Waals surface area contributed by atoms with Gasteiger partial charge in [-0.2, -0.15) is 0 Å². The molecule has 5 heteroatoms. The zero-order chi connectivity index (χ0) is 14.1. The zero-order valence-electron chi connectivity index (χ0n) is 10.8. The van der Waals surface area contributed by atoms with Crippen molar-refractivity contribution < 1.29 is 14.6 Å². The lowest BCUT2D eigenvalue weighted by Crippen LogP contribution is -2.01.